The average molecular weight is 257 g/mol. The van der Waals surface area contributed by atoms with E-state index in [4.69, 9.17) is 23.2 Å². The van der Waals surface area contributed by atoms with E-state index in [0.29, 0.717) is 22.9 Å². The molecule has 0 aromatic heterocycles. The summed E-state index contributed by atoms with van der Waals surface area (Å²) in [6.45, 7) is 0. The molecule has 1 atom stereocenters. The van der Waals surface area contributed by atoms with Crippen LogP contribution in [0.5, 0.6) is 0 Å². The molecule has 16 heavy (non-hydrogen) atoms. The first-order chi connectivity index (χ1) is 7.56. The van der Waals surface area contributed by atoms with E-state index < -0.39 is 0 Å². The molecule has 0 heterocycles. The van der Waals surface area contributed by atoms with Gasteiger partial charge in [-0.25, -0.2) is 0 Å². The van der Waals surface area contributed by atoms with Gasteiger partial charge in [0.25, 0.3) is 0 Å². The molecule has 2 rings (SSSR count). The van der Waals surface area contributed by atoms with Crippen molar-refractivity contribution in [1.29, 1.82) is 0 Å². The third kappa shape index (κ3) is 2.39. The second-order valence-electron chi connectivity index (χ2n) is 3.88. The maximum absolute atomic E-state index is 11.3. The second-order valence-corrected chi connectivity index (χ2v) is 4.70. The molecule has 0 amide bonds. The molecule has 0 fully saturated rings. The summed E-state index contributed by atoms with van der Waals surface area (Å²) < 4.78 is 0. The van der Waals surface area contributed by atoms with E-state index in [1.165, 1.54) is 6.08 Å². The van der Waals surface area contributed by atoms with Gasteiger partial charge >= 0.3 is 0 Å². The molecule has 4 heteroatoms. The van der Waals surface area contributed by atoms with Gasteiger partial charge in [0, 0.05) is 18.9 Å². The van der Waals surface area contributed by atoms with Gasteiger partial charge in [0.1, 0.15) is 0 Å². The Bertz CT molecular complexity index is 466. The summed E-state index contributed by atoms with van der Waals surface area (Å²) in [4.78, 5) is 11.3. The Kier molecular flexibility index (Phi) is 3.22. The molecule has 0 saturated heterocycles. The van der Waals surface area contributed by atoms with Crippen LogP contribution >= 0.6 is 23.2 Å². The first-order valence-electron chi connectivity index (χ1n) is 4.93. The van der Waals surface area contributed by atoms with Crippen molar-refractivity contribution in [3.8, 4) is 0 Å². The van der Waals surface area contributed by atoms with Gasteiger partial charge in [0.05, 0.1) is 15.8 Å². The van der Waals surface area contributed by atoms with Crippen molar-refractivity contribution in [3.05, 3.63) is 45.6 Å². The van der Waals surface area contributed by atoms with Crippen LogP contribution in [0.15, 0.2) is 30.0 Å². The van der Waals surface area contributed by atoms with Gasteiger partial charge in [-0.3, -0.25) is 4.79 Å². The van der Waals surface area contributed by atoms with Crippen LogP contribution in [0.2, 0.25) is 10.0 Å². The summed E-state index contributed by atoms with van der Waals surface area (Å²) >= 11 is 11.7. The number of hydrogen-bond donors (Lipinski definition) is 1. The Balaban J connectivity index is 2.28. The second kappa shape index (κ2) is 4.48. The van der Waals surface area contributed by atoms with Crippen LogP contribution in [0.4, 0.5) is 0 Å². The number of hydrogen-bond acceptors (Lipinski definition) is 2. The molecular weight excluding hydrogens is 247 g/mol. The molecule has 0 radical (unpaired) electrons. The average Bonchev–Trinajstić information content (AvgIpc) is 2.20. The standard InChI is InChI=1S/C12H10Cl2O2/c13-11-2-1-7(5-12(11)14)8-3-9(15)6-10(16)4-8/h1-2,5-6,8,15H,3-4H2/t8-/m0/s1. The normalized spacial score (nSPS) is 20.8. The van der Waals surface area contributed by atoms with Crippen LogP contribution in [-0.2, 0) is 4.79 Å². The van der Waals surface area contributed by atoms with E-state index in [2.05, 4.69) is 0 Å². The number of carbonyl (C=O) groups excluding carboxylic acids is 1. The van der Waals surface area contributed by atoms with Crippen LogP contribution in [-0.4, -0.2) is 10.9 Å². The number of aliphatic hydroxyl groups excluding tert-OH is 1. The van der Waals surface area contributed by atoms with Gasteiger partial charge < -0.3 is 5.11 Å². The lowest BCUT2D eigenvalue weighted by Gasteiger charge is -2.19. The predicted octanol–water partition coefficient (Wildman–Crippen LogP) is 3.88. The van der Waals surface area contributed by atoms with Crippen LogP contribution in [0, 0.1) is 0 Å². The Morgan fingerprint density at radius 2 is 1.94 bits per heavy atom. The van der Waals surface area contributed by atoms with Crippen LogP contribution in [0.1, 0.15) is 24.3 Å². The third-order valence-electron chi connectivity index (χ3n) is 2.65. The van der Waals surface area contributed by atoms with E-state index >= 15 is 0 Å². The van der Waals surface area contributed by atoms with E-state index in [1.807, 2.05) is 6.07 Å². The van der Waals surface area contributed by atoms with Gasteiger partial charge in [-0.1, -0.05) is 29.3 Å². The smallest absolute Gasteiger partial charge is 0.159 e. The number of halogens is 2. The predicted molar refractivity (Wildman–Crippen MR) is 64.2 cm³/mol. The number of rotatable bonds is 1. The fraction of sp³-hybridized carbons (Fsp3) is 0.250. The molecule has 1 N–H and O–H groups in total. The molecule has 1 aliphatic rings. The number of ketones is 1. The first-order valence-corrected chi connectivity index (χ1v) is 5.69. The summed E-state index contributed by atoms with van der Waals surface area (Å²) in [6.07, 6.45) is 2.17. The van der Waals surface area contributed by atoms with Crippen molar-refractivity contribution in [2.45, 2.75) is 18.8 Å². The van der Waals surface area contributed by atoms with Gasteiger partial charge in [-0.2, -0.15) is 0 Å². The summed E-state index contributed by atoms with van der Waals surface area (Å²) in [5, 5.41) is 10.4. The summed E-state index contributed by atoms with van der Waals surface area (Å²) in [5.41, 5.74) is 0.933. The van der Waals surface area contributed by atoms with Gasteiger partial charge in [0.15, 0.2) is 5.78 Å². The largest absolute Gasteiger partial charge is 0.512 e. The highest BCUT2D eigenvalue weighted by Gasteiger charge is 2.22. The Hall–Kier alpha value is -0.990. The van der Waals surface area contributed by atoms with Crippen molar-refractivity contribution in [3.63, 3.8) is 0 Å². The number of carbonyl (C=O) groups is 1. The summed E-state index contributed by atoms with van der Waals surface area (Å²) in [7, 11) is 0. The minimum Gasteiger partial charge on any atom is -0.512 e. The fourth-order valence-electron chi connectivity index (χ4n) is 1.87. The quantitative estimate of drug-likeness (QED) is 0.828. The third-order valence-corrected chi connectivity index (χ3v) is 3.38. The minimum atomic E-state index is -0.0557. The van der Waals surface area contributed by atoms with Crippen LogP contribution in [0.25, 0.3) is 0 Å². The maximum atomic E-state index is 11.3. The SMILES string of the molecule is O=C1C=C(O)C[C@H](c2ccc(Cl)c(Cl)c2)C1. The molecular formula is C12H10Cl2O2. The van der Waals surface area contributed by atoms with Crippen molar-refractivity contribution >= 4 is 29.0 Å². The van der Waals surface area contributed by atoms with E-state index in [-0.39, 0.29) is 17.5 Å². The molecule has 1 aliphatic carbocycles. The number of aliphatic hydroxyl groups is 1. The molecule has 0 unspecified atom stereocenters. The highest BCUT2D eigenvalue weighted by Crippen LogP contribution is 2.33. The first kappa shape index (κ1) is 11.5. The van der Waals surface area contributed by atoms with Crippen molar-refractivity contribution in [1.82, 2.24) is 0 Å². The molecule has 0 bridgehead atoms. The Labute approximate surface area is 103 Å². The molecule has 0 spiro atoms. The van der Waals surface area contributed by atoms with Gasteiger partial charge in [0.2, 0.25) is 0 Å². The monoisotopic (exact) mass is 256 g/mol. The van der Waals surface area contributed by atoms with E-state index in [9.17, 15) is 9.90 Å². The summed E-state index contributed by atoms with van der Waals surface area (Å²) in [5.74, 6) is 0.0689. The van der Waals surface area contributed by atoms with Crippen LogP contribution < -0.4 is 0 Å². The maximum Gasteiger partial charge on any atom is 0.159 e. The zero-order valence-corrected chi connectivity index (χ0v) is 9.92. The van der Waals surface area contributed by atoms with Gasteiger partial charge in [-0.15, -0.1) is 0 Å². The van der Waals surface area contributed by atoms with Crippen LogP contribution in [0.3, 0.4) is 0 Å². The van der Waals surface area contributed by atoms with Crippen molar-refractivity contribution in [2.75, 3.05) is 0 Å². The topological polar surface area (TPSA) is 37.3 Å². The fourth-order valence-corrected chi connectivity index (χ4v) is 2.18. The highest BCUT2D eigenvalue weighted by molar-refractivity contribution is 6.42. The van der Waals surface area contributed by atoms with E-state index in [1.54, 1.807) is 12.1 Å². The summed E-state index contributed by atoms with van der Waals surface area (Å²) in [6, 6.07) is 5.30. The van der Waals surface area contributed by atoms with Gasteiger partial charge in [-0.05, 0) is 23.6 Å². The minimum absolute atomic E-state index is 0.00716. The molecule has 0 aliphatic heterocycles. The lowest BCUT2D eigenvalue weighted by atomic mass is 9.86. The van der Waals surface area contributed by atoms with Crippen molar-refractivity contribution in [2.24, 2.45) is 0 Å². The zero-order valence-electron chi connectivity index (χ0n) is 8.41. The molecule has 84 valence electrons. The Morgan fingerprint density at radius 3 is 2.56 bits per heavy atom. The molecule has 0 saturated carbocycles. The van der Waals surface area contributed by atoms with Crippen molar-refractivity contribution < 1.29 is 9.90 Å². The highest BCUT2D eigenvalue weighted by atomic mass is 35.5. The Morgan fingerprint density at radius 1 is 1.19 bits per heavy atom. The zero-order chi connectivity index (χ0) is 11.7. The lowest BCUT2D eigenvalue weighted by molar-refractivity contribution is -0.115. The van der Waals surface area contributed by atoms with E-state index in [0.717, 1.165) is 5.56 Å². The number of benzene rings is 1. The molecule has 1 aromatic rings. The number of allylic oxidation sites excluding steroid dienone is 2. The molecule has 1 aromatic carbocycles. The molecule has 2 nitrogen and oxygen atoms in total. The lowest BCUT2D eigenvalue weighted by Crippen LogP contribution is -2.12.